The van der Waals surface area contributed by atoms with Crippen molar-refractivity contribution in [2.75, 3.05) is 14.4 Å². The highest BCUT2D eigenvalue weighted by molar-refractivity contribution is 6.80. The van der Waals surface area contributed by atoms with Gasteiger partial charge in [-0.15, -0.1) is 0 Å². The van der Waals surface area contributed by atoms with Gasteiger partial charge in [0.2, 0.25) is 0 Å². The van der Waals surface area contributed by atoms with Gasteiger partial charge in [-0.2, -0.15) is 0 Å². The number of rotatable bonds is 0. The van der Waals surface area contributed by atoms with Crippen LogP contribution < -0.4 is 19.2 Å². The summed E-state index contributed by atoms with van der Waals surface area (Å²) in [5.41, 5.74) is 4.97. The molecule has 9 heteroatoms. The maximum Gasteiger partial charge on any atom is 0.521 e. The predicted molar refractivity (Wildman–Crippen MR) is 135 cm³/mol. The maximum absolute atomic E-state index is 6.55. The second-order valence-corrected chi connectivity index (χ2v) is 9.23. The van der Waals surface area contributed by atoms with Crippen LogP contribution in [0.4, 0.5) is 34.4 Å². The Hall–Kier alpha value is -4.92. The number of nitrogens with zero attached hydrogens (tertiary/aromatic N) is 7. The molecule has 0 fully saturated rings. The highest BCUT2D eigenvalue weighted by Crippen LogP contribution is 2.63. The van der Waals surface area contributed by atoms with Crippen molar-refractivity contribution in [1.82, 2.24) is 19.9 Å². The molecule has 4 aliphatic rings. The largest absolute Gasteiger partial charge is 0.521 e. The van der Waals surface area contributed by atoms with Gasteiger partial charge in [0, 0.05) is 22.1 Å². The zero-order valence-electron chi connectivity index (χ0n) is 18.0. The normalized spacial score (nSPS) is 15.4. The minimum Gasteiger partial charge on any atom is -0.453 e. The lowest BCUT2D eigenvalue weighted by Crippen LogP contribution is -2.64. The second-order valence-electron chi connectivity index (χ2n) is 9.23. The van der Waals surface area contributed by atoms with Crippen LogP contribution in [0.1, 0.15) is 0 Å². The second kappa shape index (κ2) is 5.25. The third-order valence-electron chi connectivity index (χ3n) is 7.68. The van der Waals surface area contributed by atoms with Crippen LogP contribution in [0.2, 0.25) is 0 Å². The summed E-state index contributed by atoms with van der Waals surface area (Å²) in [7, 11) is -0.238. The van der Waals surface area contributed by atoms with Crippen molar-refractivity contribution in [3.05, 3.63) is 73.3 Å². The van der Waals surface area contributed by atoms with Crippen molar-refractivity contribution in [2.45, 2.75) is 0 Å². The zero-order chi connectivity index (χ0) is 22.4. The van der Waals surface area contributed by atoms with E-state index in [0.29, 0.717) is 5.65 Å². The highest BCUT2D eigenvalue weighted by Gasteiger charge is 2.56. The molecule has 0 atom stereocenters. The van der Waals surface area contributed by atoms with Crippen LogP contribution in [0, 0.1) is 0 Å². The van der Waals surface area contributed by atoms with Crippen molar-refractivity contribution in [2.24, 2.45) is 0 Å². The molecule has 0 aliphatic carbocycles. The Labute approximate surface area is 198 Å². The van der Waals surface area contributed by atoms with E-state index in [-0.39, 0.29) is 7.12 Å². The molecule has 0 unspecified atom stereocenters. The summed E-state index contributed by atoms with van der Waals surface area (Å²) < 4.78 is 6.55. The summed E-state index contributed by atoms with van der Waals surface area (Å²) in [6, 6.07) is 21.3. The van der Waals surface area contributed by atoms with Crippen LogP contribution in [-0.4, -0.2) is 27.1 Å². The van der Waals surface area contributed by atoms with Gasteiger partial charge in [-0.05, 0) is 35.0 Å². The van der Waals surface area contributed by atoms with Gasteiger partial charge < -0.3 is 19.2 Å². The minimum absolute atomic E-state index is 0.238. The molecule has 8 nitrogen and oxygen atoms in total. The summed E-state index contributed by atoms with van der Waals surface area (Å²) in [4.78, 5) is 25.6. The molecule has 0 bridgehead atoms. The Morgan fingerprint density at radius 2 is 1.14 bits per heavy atom. The quantitative estimate of drug-likeness (QED) is 0.279. The Bertz CT molecular complexity index is 1860. The Morgan fingerprint density at radius 1 is 0.571 bits per heavy atom. The molecule has 0 radical (unpaired) electrons. The van der Waals surface area contributed by atoms with Gasteiger partial charge in [0.15, 0.2) is 17.1 Å². The first-order valence-electron chi connectivity index (χ1n) is 11.5. The summed E-state index contributed by atoms with van der Waals surface area (Å²) in [5.74, 6) is 3.35. The molecule has 6 aromatic rings. The first-order chi connectivity index (χ1) is 17.4. The van der Waals surface area contributed by atoms with E-state index >= 15 is 0 Å². The molecule has 35 heavy (non-hydrogen) atoms. The number of benzene rings is 4. The summed E-state index contributed by atoms with van der Waals surface area (Å²) in [6.07, 6.45) is 3.19. The van der Waals surface area contributed by atoms with Gasteiger partial charge in [-0.25, -0.2) is 19.9 Å². The maximum atomic E-state index is 6.55. The average molecular weight is 449 g/mol. The topological polar surface area (TPSA) is 70.5 Å². The van der Waals surface area contributed by atoms with E-state index in [1.165, 1.54) is 0 Å². The number of fused-ring (bicyclic) bond motifs is 4. The van der Waals surface area contributed by atoms with Crippen LogP contribution in [-0.2, 0) is 0 Å². The van der Waals surface area contributed by atoms with Gasteiger partial charge >= 0.3 is 7.12 Å². The fourth-order valence-electron chi connectivity index (χ4n) is 6.43. The van der Waals surface area contributed by atoms with Crippen LogP contribution in [0.3, 0.4) is 0 Å². The number of hydrogen-bond donors (Lipinski definition) is 0. The minimum atomic E-state index is -0.238. The molecule has 0 N–H and O–H groups in total. The van der Waals surface area contributed by atoms with Crippen LogP contribution >= 0.6 is 0 Å². The fraction of sp³-hybridized carbons (Fsp3) is 0. The van der Waals surface area contributed by atoms with Crippen molar-refractivity contribution in [3.8, 4) is 11.5 Å². The number of anilines is 6. The summed E-state index contributed by atoms with van der Waals surface area (Å²) in [6.45, 7) is 0. The Kier molecular flexibility index (Phi) is 2.50. The smallest absolute Gasteiger partial charge is 0.453 e. The lowest BCUT2D eigenvalue weighted by atomic mass is 9.71. The number of hydrogen-bond acceptors (Lipinski definition) is 8. The molecule has 0 spiro atoms. The van der Waals surface area contributed by atoms with E-state index in [1.807, 2.05) is 0 Å². The van der Waals surface area contributed by atoms with E-state index in [1.54, 1.807) is 12.7 Å². The summed E-state index contributed by atoms with van der Waals surface area (Å²) >= 11 is 0. The van der Waals surface area contributed by atoms with E-state index in [0.717, 1.165) is 72.8 Å². The third-order valence-corrected chi connectivity index (χ3v) is 7.68. The standard InChI is InChI=1S/C26H12BN7O/c1-3-13-7-9-17-22-19(13)15(5-1)32-25-21-24(28-11-30-25)29-12-31-26(21)33-16-6-2-4-14-8-10-18(35-17)23(20(14)16)34(22)27(32)33/h1-12H. The van der Waals surface area contributed by atoms with E-state index < -0.39 is 0 Å². The van der Waals surface area contributed by atoms with Gasteiger partial charge in [0.25, 0.3) is 0 Å². The lowest BCUT2D eigenvalue weighted by molar-refractivity contribution is 0.479. The molecular formula is C26H12BN7O. The van der Waals surface area contributed by atoms with E-state index in [2.05, 4.69) is 85.1 Å². The molecule has 160 valence electrons. The molecule has 4 aromatic carbocycles. The first kappa shape index (κ1) is 16.7. The van der Waals surface area contributed by atoms with Gasteiger partial charge in [0.05, 0.1) is 11.4 Å². The van der Waals surface area contributed by atoms with Gasteiger partial charge in [-0.1, -0.05) is 36.4 Å². The van der Waals surface area contributed by atoms with E-state index in [9.17, 15) is 0 Å². The van der Waals surface area contributed by atoms with Crippen LogP contribution in [0.15, 0.2) is 73.3 Å². The molecule has 6 heterocycles. The average Bonchev–Trinajstić information content (AvgIpc) is 2.91. The third kappa shape index (κ3) is 1.67. The van der Waals surface area contributed by atoms with Crippen molar-refractivity contribution in [1.29, 1.82) is 0 Å². The zero-order valence-corrected chi connectivity index (χ0v) is 18.0. The molecular weight excluding hydrogens is 437 g/mol. The van der Waals surface area contributed by atoms with Gasteiger partial charge in [0.1, 0.15) is 29.7 Å². The molecule has 0 saturated heterocycles. The monoisotopic (exact) mass is 449 g/mol. The van der Waals surface area contributed by atoms with E-state index in [4.69, 9.17) is 14.7 Å². The Morgan fingerprint density at radius 3 is 1.71 bits per heavy atom. The van der Waals surface area contributed by atoms with Crippen molar-refractivity contribution >= 4 is 74.1 Å². The van der Waals surface area contributed by atoms with Crippen LogP contribution in [0.5, 0.6) is 11.5 Å². The van der Waals surface area contributed by atoms with Crippen molar-refractivity contribution in [3.63, 3.8) is 0 Å². The fourth-order valence-corrected chi connectivity index (χ4v) is 6.43. The van der Waals surface area contributed by atoms with Crippen molar-refractivity contribution < 1.29 is 4.74 Å². The highest BCUT2D eigenvalue weighted by atomic mass is 16.5. The van der Waals surface area contributed by atoms with Crippen LogP contribution in [0.25, 0.3) is 32.6 Å². The predicted octanol–water partition coefficient (Wildman–Crippen LogP) is 5.57. The molecule has 0 amide bonds. The Balaban J connectivity index is 1.51. The number of ether oxygens (including phenoxy) is 1. The molecule has 0 saturated carbocycles. The SMILES string of the molecule is c1cc2c3c4c(ccc3c1)Oc1ccc3cccc5c3c1N4B1N2c2ncnc3ncnc(c23)N15. The molecule has 10 rings (SSSR count). The molecule has 2 aromatic heterocycles. The molecule has 4 aliphatic heterocycles. The number of aromatic nitrogens is 4. The lowest BCUT2D eigenvalue weighted by Gasteiger charge is -2.54. The first-order valence-corrected chi connectivity index (χ1v) is 11.5. The summed E-state index contributed by atoms with van der Waals surface area (Å²) in [5, 5.41) is 5.47. The van der Waals surface area contributed by atoms with Gasteiger partial charge in [-0.3, -0.25) is 0 Å².